The lowest BCUT2D eigenvalue weighted by atomic mass is 9.74. The fraction of sp³-hybridized carbons (Fsp3) is 0.889. The van der Waals surface area contributed by atoms with E-state index in [1.807, 2.05) is 13.8 Å². The standard InChI is InChI=1S/C9H16F2N2/c1-3-6(2)9(8(10)11)4-7(12)13-5-9/h6,8H,3-5H2,1-2H3,(H2,12,13). The third kappa shape index (κ3) is 1.67. The van der Waals surface area contributed by atoms with Gasteiger partial charge >= 0.3 is 0 Å². The highest BCUT2D eigenvalue weighted by Gasteiger charge is 2.47. The molecule has 0 radical (unpaired) electrons. The number of nitrogens with two attached hydrogens (primary N) is 1. The predicted octanol–water partition coefficient (Wildman–Crippen LogP) is 2.04. The quantitative estimate of drug-likeness (QED) is 0.726. The summed E-state index contributed by atoms with van der Waals surface area (Å²) in [5, 5.41) is 0. The Kier molecular flexibility index (Phi) is 2.88. The first kappa shape index (κ1) is 10.4. The van der Waals surface area contributed by atoms with Crippen LogP contribution < -0.4 is 5.73 Å². The van der Waals surface area contributed by atoms with Gasteiger partial charge in [-0.25, -0.2) is 8.78 Å². The molecule has 1 heterocycles. The Morgan fingerprint density at radius 3 is 2.54 bits per heavy atom. The summed E-state index contributed by atoms with van der Waals surface area (Å²) in [6.07, 6.45) is -1.33. The third-order valence-electron chi connectivity index (χ3n) is 3.12. The minimum atomic E-state index is -2.33. The van der Waals surface area contributed by atoms with Crippen molar-refractivity contribution in [2.45, 2.75) is 33.1 Å². The van der Waals surface area contributed by atoms with E-state index in [1.54, 1.807) is 0 Å². The van der Waals surface area contributed by atoms with Crippen molar-refractivity contribution >= 4 is 5.84 Å². The molecule has 2 nitrogen and oxygen atoms in total. The van der Waals surface area contributed by atoms with Crippen LogP contribution >= 0.6 is 0 Å². The topological polar surface area (TPSA) is 38.4 Å². The summed E-state index contributed by atoms with van der Waals surface area (Å²) < 4.78 is 25.8. The van der Waals surface area contributed by atoms with Gasteiger partial charge in [-0.05, 0) is 5.92 Å². The highest BCUT2D eigenvalue weighted by atomic mass is 19.3. The van der Waals surface area contributed by atoms with Gasteiger partial charge in [0.1, 0.15) is 0 Å². The zero-order valence-electron chi connectivity index (χ0n) is 8.06. The molecule has 0 bridgehead atoms. The molecule has 0 aromatic heterocycles. The van der Waals surface area contributed by atoms with Gasteiger partial charge in [0.2, 0.25) is 6.43 Å². The summed E-state index contributed by atoms with van der Waals surface area (Å²) >= 11 is 0. The second-order valence-electron chi connectivity index (χ2n) is 3.83. The second kappa shape index (κ2) is 3.60. The average molecular weight is 190 g/mol. The Morgan fingerprint density at radius 1 is 1.62 bits per heavy atom. The molecule has 4 heteroatoms. The number of nitrogens with zero attached hydrogens (tertiary/aromatic N) is 1. The second-order valence-corrected chi connectivity index (χ2v) is 3.83. The maximum Gasteiger partial charge on any atom is 0.246 e. The molecule has 0 saturated carbocycles. The van der Waals surface area contributed by atoms with E-state index in [-0.39, 0.29) is 18.9 Å². The van der Waals surface area contributed by atoms with E-state index in [0.29, 0.717) is 5.84 Å². The fourth-order valence-corrected chi connectivity index (χ4v) is 1.80. The zero-order chi connectivity index (χ0) is 10.1. The Morgan fingerprint density at radius 2 is 2.23 bits per heavy atom. The number of aliphatic imine (C=N–C) groups is 1. The first-order chi connectivity index (χ1) is 6.03. The van der Waals surface area contributed by atoms with Gasteiger partial charge in [-0.1, -0.05) is 20.3 Å². The molecule has 0 saturated heterocycles. The first-order valence-electron chi connectivity index (χ1n) is 4.60. The largest absolute Gasteiger partial charge is 0.387 e. The zero-order valence-corrected chi connectivity index (χ0v) is 8.06. The highest BCUT2D eigenvalue weighted by molar-refractivity contribution is 5.82. The molecule has 0 amide bonds. The monoisotopic (exact) mass is 190 g/mol. The number of rotatable bonds is 3. The van der Waals surface area contributed by atoms with Crippen LogP contribution in [-0.2, 0) is 0 Å². The molecule has 0 aromatic rings. The fourth-order valence-electron chi connectivity index (χ4n) is 1.80. The first-order valence-corrected chi connectivity index (χ1v) is 4.60. The lowest BCUT2D eigenvalue weighted by molar-refractivity contribution is -0.0271. The van der Waals surface area contributed by atoms with Crippen molar-refractivity contribution in [3.63, 3.8) is 0 Å². The van der Waals surface area contributed by atoms with Crippen LogP contribution in [0.1, 0.15) is 26.7 Å². The molecule has 13 heavy (non-hydrogen) atoms. The van der Waals surface area contributed by atoms with E-state index in [0.717, 1.165) is 6.42 Å². The molecule has 1 aliphatic rings. The number of alkyl halides is 2. The van der Waals surface area contributed by atoms with E-state index in [1.165, 1.54) is 0 Å². The lowest BCUT2D eigenvalue weighted by Gasteiger charge is -2.32. The van der Waals surface area contributed by atoms with Gasteiger partial charge in [-0.2, -0.15) is 0 Å². The van der Waals surface area contributed by atoms with Crippen LogP contribution in [0.15, 0.2) is 4.99 Å². The number of hydrogen-bond acceptors (Lipinski definition) is 2. The molecular formula is C9H16F2N2. The van der Waals surface area contributed by atoms with Crippen molar-refractivity contribution in [1.82, 2.24) is 0 Å². The van der Waals surface area contributed by atoms with Crippen molar-refractivity contribution in [3.8, 4) is 0 Å². The van der Waals surface area contributed by atoms with E-state index in [9.17, 15) is 8.78 Å². The Balaban J connectivity index is 2.80. The highest BCUT2D eigenvalue weighted by Crippen LogP contribution is 2.42. The molecule has 2 unspecified atom stereocenters. The third-order valence-corrected chi connectivity index (χ3v) is 3.12. The van der Waals surface area contributed by atoms with Gasteiger partial charge in [0.05, 0.1) is 17.8 Å². The molecular weight excluding hydrogens is 174 g/mol. The minimum absolute atomic E-state index is 0.0303. The average Bonchev–Trinajstić information content (AvgIpc) is 2.47. The van der Waals surface area contributed by atoms with Crippen LogP contribution in [0, 0.1) is 11.3 Å². The predicted molar refractivity (Wildman–Crippen MR) is 49.0 cm³/mol. The minimum Gasteiger partial charge on any atom is -0.387 e. The summed E-state index contributed by atoms with van der Waals surface area (Å²) in [6.45, 7) is 3.95. The van der Waals surface area contributed by atoms with E-state index in [4.69, 9.17) is 5.73 Å². The summed E-state index contributed by atoms with van der Waals surface area (Å²) in [7, 11) is 0. The molecule has 76 valence electrons. The Hall–Kier alpha value is -0.670. The van der Waals surface area contributed by atoms with Crippen LogP contribution in [0.5, 0.6) is 0 Å². The van der Waals surface area contributed by atoms with Crippen molar-refractivity contribution < 1.29 is 8.78 Å². The summed E-state index contributed by atoms with van der Waals surface area (Å²) in [6, 6.07) is 0. The van der Waals surface area contributed by atoms with Crippen molar-refractivity contribution in [1.29, 1.82) is 0 Å². The smallest absolute Gasteiger partial charge is 0.246 e. The van der Waals surface area contributed by atoms with Gasteiger partial charge in [0, 0.05) is 6.42 Å². The lowest BCUT2D eigenvalue weighted by Crippen LogP contribution is -2.38. The van der Waals surface area contributed by atoms with Gasteiger partial charge in [-0.3, -0.25) is 4.99 Å². The molecule has 0 spiro atoms. The van der Waals surface area contributed by atoms with E-state index in [2.05, 4.69) is 4.99 Å². The summed E-state index contributed by atoms with van der Waals surface area (Å²) in [5.41, 5.74) is 4.47. The number of amidine groups is 1. The molecule has 1 aliphatic heterocycles. The Labute approximate surface area is 77.2 Å². The van der Waals surface area contributed by atoms with Gasteiger partial charge in [0.25, 0.3) is 0 Å². The van der Waals surface area contributed by atoms with Crippen LogP contribution in [0.25, 0.3) is 0 Å². The number of halogens is 2. The van der Waals surface area contributed by atoms with E-state index < -0.39 is 11.8 Å². The van der Waals surface area contributed by atoms with Gasteiger partial charge in [-0.15, -0.1) is 0 Å². The van der Waals surface area contributed by atoms with Crippen LogP contribution in [0.2, 0.25) is 0 Å². The maximum atomic E-state index is 12.9. The summed E-state index contributed by atoms with van der Waals surface area (Å²) in [4.78, 5) is 3.89. The van der Waals surface area contributed by atoms with Crippen molar-refractivity contribution in [3.05, 3.63) is 0 Å². The SMILES string of the molecule is CCC(C)C1(C(F)F)CN=C(N)C1. The molecule has 2 N–H and O–H groups in total. The maximum absolute atomic E-state index is 12.9. The molecule has 0 fully saturated rings. The number of hydrogen-bond donors (Lipinski definition) is 1. The molecule has 2 atom stereocenters. The van der Waals surface area contributed by atoms with Crippen LogP contribution in [0.4, 0.5) is 8.78 Å². The Bertz CT molecular complexity index is 216. The van der Waals surface area contributed by atoms with Crippen molar-refractivity contribution in [2.75, 3.05) is 6.54 Å². The van der Waals surface area contributed by atoms with Gasteiger partial charge < -0.3 is 5.73 Å². The molecule has 1 rings (SSSR count). The van der Waals surface area contributed by atoms with E-state index >= 15 is 0 Å². The van der Waals surface area contributed by atoms with Crippen LogP contribution in [-0.4, -0.2) is 18.8 Å². The van der Waals surface area contributed by atoms with Crippen molar-refractivity contribution in [2.24, 2.45) is 22.1 Å². The van der Waals surface area contributed by atoms with Crippen LogP contribution in [0.3, 0.4) is 0 Å². The molecule has 0 aromatic carbocycles. The van der Waals surface area contributed by atoms with Gasteiger partial charge in [0.15, 0.2) is 0 Å². The summed E-state index contributed by atoms with van der Waals surface area (Å²) in [5.74, 6) is 0.345. The normalized spacial score (nSPS) is 30.7. The molecule has 0 aliphatic carbocycles.